The molecular formula is C27H32N2O2. The minimum atomic E-state index is -0.515. The molecule has 0 saturated heterocycles. The van der Waals surface area contributed by atoms with Crippen molar-refractivity contribution in [2.24, 2.45) is 5.41 Å². The Labute approximate surface area is 185 Å². The molecule has 0 unspecified atom stereocenters. The Balaban J connectivity index is 1.48. The van der Waals surface area contributed by atoms with Gasteiger partial charge in [-0.25, -0.2) is 5.48 Å². The molecule has 1 aliphatic heterocycles. The van der Waals surface area contributed by atoms with Gasteiger partial charge < -0.3 is 0 Å². The van der Waals surface area contributed by atoms with E-state index in [4.69, 9.17) is 5.21 Å². The van der Waals surface area contributed by atoms with Gasteiger partial charge in [-0.2, -0.15) is 0 Å². The summed E-state index contributed by atoms with van der Waals surface area (Å²) in [4.78, 5) is 13.8. The number of allylic oxidation sites excluding steroid dienone is 1. The summed E-state index contributed by atoms with van der Waals surface area (Å²) in [6.45, 7) is 10.1. The molecule has 1 aliphatic carbocycles. The summed E-state index contributed by atoms with van der Waals surface area (Å²) in [5, 5.41) is 8.66. The summed E-state index contributed by atoms with van der Waals surface area (Å²) in [6, 6.07) is 15.2. The van der Waals surface area contributed by atoms with Crippen molar-refractivity contribution < 1.29 is 10.0 Å². The Hall–Kier alpha value is -2.69. The summed E-state index contributed by atoms with van der Waals surface area (Å²) in [5.74, 6) is -0.515. The predicted molar refractivity (Wildman–Crippen MR) is 126 cm³/mol. The second-order valence-electron chi connectivity index (χ2n) is 9.65. The Morgan fingerprint density at radius 2 is 1.94 bits per heavy atom. The van der Waals surface area contributed by atoms with Crippen molar-refractivity contribution in [3.63, 3.8) is 0 Å². The number of hydroxylamine groups is 1. The van der Waals surface area contributed by atoms with Crippen LogP contribution < -0.4 is 5.48 Å². The molecule has 0 fully saturated rings. The lowest BCUT2D eigenvalue weighted by Gasteiger charge is -2.30. The molecule has 0 bridgehead atoms. The minimum Gasteiger partial charge on any atom is -0.298 e. The Kier molecular flexibility index (Phi) is 6.12. The van der Waals surface area contributed by atoms with Crippen LogP contribution in [0.2, 0.25) is 0 Å². The van der Waals surface area contributed by atoms with Gasteiger partial charge in [0.05, 0.1) is 0 Å². The first-order valence-corrected chi connectivity index (χ1v) is 11.1. The van der Waals surface area contributed by atoms with Crippen LogP contribution in [0.4, 0.5) is 0 Å². The van der Waals surface area contributed by atoms with Crippen molar-refractivity contribution in [2.45, 2.75) is 46.6 Å². The van der Waals surface area contributed by atoms with Crippen molar-refractivity contribution in [1.82, 2.24) is 10.4 Å². The van der Waals surface area contributed by atoms with Gasteiger partial charge in [-0.05, 0) is 64.1 Å². The Morgan fingerprint density at radius 3 is 2.71 bits per heavy atom. The van der Waals surface area contributed by atoms with Gasteiger partial charge in [0.15, 0.2) is 0 Å². The van der Waals surface area contributed by atoms with Crippen molar-refractivity contribution in [1.29, 1.82) is 0 Å². The first kappa shape index (κ1) is 21.5. The molecule has 162 valence electrons. The molecule has 0 spiro atoms. The number of amides is 1. The zero-order chi connectivity index (χ0) is 22.0. The fourth-order valence-corrected chi connectivity index (χ4v) is 4.84. The van der Waals surface area contributed by atoms with Gasteiger partial charge in [0.25, 0.3) is 5.91 Å². The van der Waals surface area contributed by atoms with Crippen molar-refractivity contribution in [3.8, 4) is 0 Å². The number of carbonyl (C=O) groups excluding carboxylic acids is 1. The molecule has 1 amide bonds. The maximum atomic E-state index is 11.3. The van der Waals surface area contributed by atoms with Crippen LogP contribution in [0.5, 0.6) is 0 Å². The van der Waals surface area contributed by atoms with Gasteiger partial charge in [0.2, 0.25) is 0 Å². The number of fused-ring (bicyclic) bond motifs is 2. The maximum absolute atomic E-state index is 11.3. The van der Waals surface area contributed by atoms with Gasteiger partial charge in [-0.15, -0.1) is 0 Å². The summed E-state index contributed by atoms with van der Waals surface area (Å²) < 4.78 is 0. The maximum Gasteiger partial charge on any atom is 0.267 e. The highest BCUT2D eigenvalue weighted by Gasteiger charge is 2.29. The van der Waals surface area contributed by atoms with E-state index in [1.54, 1.807) is 22.7 Å². The Bertz CT molecular complexity index is 1040. The third-order valence-corrected chi connectivity index (χ3v) is 6.52. The summed E-state index contributed by atoms with van der Waals surface area (Å²) in [7, 11) is 0. The SMILES string of the molecule is CC(C)(C)C1=C(CCN2CCc3ccc(/C=C/C(=O)NO)cc3C2)c2ccccc2C1. The normalized spacial score (nSPS) is 16.5. The number of hydrogen-bond acceptors (Lipinski definition) is 3. The highest BCUT2D eigenvalue weighted by Crippen LogP contribution is 2.43. The van der Waals surface area contributed by atoms with Crippen LogP contribution >= 0.6 is 0 Å². The summed E-state index contributed by atoms with van der Waals surface area (Å²) in [5.41, 5.74) is 11.6. The Morgan fingerprint density at radius 1 is 1.13 bits per heavy atom. The molecule has 0 radical (unpaired) electrons. The van der Waals surface area contributed by atoms with E-state index in [0.717, 1.165) is 44.5 Å². The molecule has 2 N–H and O–H groups in total. The number of benzene rings is 2. The predicted octanol–water partition coefficient (Wildman–Crippen LogP) is 5.01. The van der Waals surface area contributed by atoms with E-state index in [2.05, 4.69) is 62.1 Å². The van der Waals surface area contributed by atoms with Crippen LogP contribution in [0.3, 0.4) is 0 Å². The van der Waals surface area contributed by atoms with E-state index < -0.39 is 5.91 Å². The van der Waals surface area contributed by atoms with Crippen LogP contribution in [0.15, 0.2) is 54.1 Å². The number of rotatable bonds is 5. The van der Waals surface area contributed by atoms with E-state index >= 15 is 0 Å². The van der Waals surface area contributed by atoms with Crippen LogP contribution in [0, 0.1) is 5.41 Å². The number of carbonyl (C=O) groups is 1. The smallest absolute Gasteiger partial charge is 0.267 e. The van der Waals surface area contributed by atoms with E-state index in [0.29, 0.717) is 0 Å². The standard InChI is InChI=1S/C27H32N2O2/c1-27(2,3)25-17-21-6-4-5-7-23(21)24(25)13-15-29-14-12-20-10-8-19(16-22(20)18-29)9-11-26(30)28-31/h4-11,16,31H,12-15,17-18H2,1-3H3,(H,28,30)/b11-9+. The topological polar surface area (TPSA) is 52.6 Å². The average molecular weight is 417 g/mol. The first-order chi connectivity index (χ1) is 14.8. The fourth-order valence-electron chi connectivity index (χ4n) is 4.84. The molecule has 2 aromatic carbocycles. The molecule has 1 heterocycles. The lowest BCUT2D eigenvalue weighted by atomic mass is 9.82. The fraction of sp³-hybridized carbons (Fsp3) is 0.370. The third-order valence-electron chi connectivity index (χ3n) is 6.52. The van der Waals surface area contributed by atoms with E-state index in [1.807, 2.05) is 6.07 Å². The number of hydrogen-bond donors (Lipinski definition) is 2. The van der Waals surface area contributed by atoms with Crippen molar-refractivity contribution in [3.05, 3.63) is 81.9 Å². The second kappa shape index (κ2) is 8.81. The zero-order valence-corrected chi connectivity index (χ0v) is 18.7. The molecule has 0 saturated carbocycles. The van der Waals surface area contributed by atoms with Crippen molar-refractivity contribution >= 4 is 17.6 Å². The molecule has 2 aromatic rings. The monoisotopic (exact) mass is 416 g/mol. The van der Waals surface area contributed by atoms with Gasteiger partial charge in [0.1, 0.15) is 0 Å². The number of nitrogens with zero attached hydrogens (tertiary/aromatic N) is 1. The van der Waals surface area contributed by atoms with Gasteiger partial charge >= 0.3 is 0 Å². The summed E-state index contributed by atoms with van der Waals surface area (Å²) in [6.07, 6.45) is 6.30. The van der Waals surface area contributed by atoms with E-state index in [1.165, 1.54) is 28.3 Å². The second-order valence-corrected chi connectivity index (χ2v) is 9.65. The number of nitrogens with one attached hydrogen (secondary N) is 1. The molecular weight excluding hydrogens is 384 g/mol. The highest BCUT2D eigenvalue weighted by atomic mass is 16.5. The summed E-state index contributed by atoms with van der Waals surface area (Å²) >= 11 is 0. The van der Waals surface area contributed by atoms with Crippen molar-refractivity contribution in [2.75, 3.05) is 13.1 Å². The van der Waals surface area contributed by atoms with Crippen LogP contribution in [0.25, 0.3) is 11.6 Å². The van der Waals surface area contributed by atoms with E-state index in [9.17, 15) is 4.79 Å². The third kappa shape index (κ3) is 4.81. The van der Waals surface area contributed by atoms with Crippen LogP contribution in [0.1, 0.15) is 55.0 Å². The van der Waals surface area contributed by atoms with Crippen LogP contribution in [-0.2, 0) is 24.2 Å². The van der Waals surface area contributed by atoms with Gasteiger partial charge in [-0.3, -0.25) is 14.9 Å². The minimum absolute atomic E-state index is 0.185. The molecule has 31 heavy (non-hydrogen) atoms. The molecule has 4 heteroatoms. The average Bonchev–Trinajstić information content (AvgIpc) is 3.15. The lowest BCUT2D eigenvalue weighted by Crippen LogP contribution is -2.31. The van der Waals surface area contributed by atoms with Gasteiger partial charge in [-0.1, -0.05) is 68.8 Å². The molecule has 4 nitrogen and oxygen atoms in total. The largest absolute Gasteiger partial charge is 0.298 e. The first-order valence-electron chi connectivity index (χ1n) is 11.1. The van der Waals surface area contributed by atoms with E-state index in [-0.39, 0.29) is 5.41 Å². The lowest BCUT2D eigenvalue weighted by molar-refractivity contribution is -0.124. The van der Waals surface area contributed by atoms with Crippen LogP contribution in [-0.4, -0.2) is 29.1 Å². The molecule has 4 rings (SSSR count). The molecule has 0 aromatic heterocycles. The molecule has 0 atom stereocenters. The quantitative estimate of drug-likeness (QED) is 0.409. The molecule has 2 aliphatic rings. The zero-order valence-electron chi connectivity index (χ0n) is 18.7. The van der Waals surface area contributed by atoms with Gasteiger partial charge in [0, 0.05) is 25.7 Å². The highest BCUT2D eigenvalue weighted by molar-refractivity contribution is 5.90.